The number of rotatable bonds is 16. The Morgan fingerprint density at radius 2 is 1.06 bits per heavy atom. The molecule has 0 aliphatic carbocycles. The summed E-state index contributed by atoms with van der Waals surface area (Å²) in [6, 6.07) is 34.9. The van der Waals surface area contributed by atoms with Crippen molar-refractivity contribution in [2.75, 3.05) is 18.5 Å². The van der Waals surface area contributed by atoms with E-state index in [9.17, 15) is 46.1 Å². The number of amides is 1. The molecule has 0 bridgehead atoms. The molecule has 0 aromatic heterocycles. The number of phenolic OH excluding ortho intramolecular Hbond substituents is 1. The SMILES string of the molecule is CCOc1cccc(N=C([O-])c2cc3ccccc3c(N=Nc3c(S(=O)(=O)O)ccc(Cl)c3CC)c2[O-])c1.CCOc1cccc(NC(=O)c2cc3ccccc3c(N=Nc3c(S(=O)(=O)O)ccc(Cl)c3CC)c2O)c1.[Ba+2]. The van der Waals surface area contributed by atoms with Crippen LogP contribution >= 0.6 is 23.2 Å². The van der Waals surface area contributed by atoms with Crippen molar-refractivity contribution < 1.29 is 55.5 Å². The monoisotopic (exact) mass is 1240 g/mol. The number of azo groups is 2. The Morgan fingerprint density at radius 3 is 1.58 bits per heavy atom. The van der Waals surface area contributed by atoms with Crippen molar-refractivity contribution in [3.8, 4) is 23.0 Å². The molecule has 0 spiro atoms. The van der Waals surface area contributed by atoms with Crippen LogP contribution in [0.5, 0.6) is 23.0 Å². The first-order valence-corrected chi connectivity index (χ1v) is 26.8. The zero-order chi connectivity index (χ0) is 54.9. The molecule has 0 aliphatic heterocycles. The fourth-order valence-corrected chi connectivity index (χ4v) is 9.73. The Bertz CT molecular complexity index is 3860. The van der Waals surface area contributed by atoms with Gasteiger partial charge in [0.05, 0.1) is 30.2 Å². The number of nitrogens with zero attached hydrogens (tertiary/aromatic N) is 5. The number of fused-ring (bicyclic) bond motifs is 2. The number of carbonyl (C=O) groups is 1. The van der Waals surface area contributed by atoms with Gasteiger partial charge in [-0.3, -0.25) is 18.9 Å². The molecule has 392 valence electrons. The Kier molecular flexibility index (Phi) is 20.4. The van der Waals surface area contributed by atoms with Crippen LogP contribution < -0.4 is 25.0 Å². The van der Waals surface area contributed by atoms with Gasteiger partial charge in [0.1, 0.15) is 38.4 Å². The van der Waals surface area contributed by atoms with Gasteiger partial charge in [-0.1, -0.05) is 103 Å². The molecule has 0 aliphatic rings. The average molecular weight is 1240 g/mol. The van der Waals surface area contributed by atoms with Gasteiger partial charge in [0, 0.05) is 38.6 Å². The van der Waals surface area contributed by atoms with E-state index in [1.54, 1.807) is 111 Å². The second kappa shape index (κ2) is 26.3. The summed E-state index contributed by atoms with van der Waals surface area (Å²) in [6.07, 6.45) is 0.576. The quantitative estimate of drug-likeness (QED) is 0.0231. The van der Waals surface area contributed by atoms with Crippen LogP contribution in [-0.4, -0.2) is 105 Å². The Hall–Kier alpha value is -6.41. The van der Waals surface area contributed by atoms with E-state index in [0.717, 1.165) is 12.1 Å². The fourth-order valence-electron chi connectivity index (χ4n) is 7.86. The van der Waals surface area contributed by atoms with Crippen molar-refractivity contribution >= 4 is 160 Å². The summed E-state index contributed by atoms with van der Waals surface area (Å²) in [7, 11) is -9.33. The number of anilines is 1. The molecule has 4 N–H and O–H groups in total. The number of halogens is 2. The van der Waals surface area contributed by atoms with Crippen LogP contribution in [0.1, 0.15) is 54.7 Å². The minimum atomic E-state index is -4.67. The predicted octanol–water partition coefficient (Wildman–Crippen LogP) is 12.3. The second-order valence-corrected chi connectivity index (χ2v) is 19.8. The average Bonchev–Trinajstić information content (AvgIpc) is 3.38. The van der Waals surface area contributed by atoms with Crippen molar-refractivity contribution in [1.82, 2.24) is 0 Å². The molecule has 0 radical (unpaired) electrons. The zero-order valence-corrected chi connectivity index (χ0v) is 49.1. The summed E-state index contributed by atoms with van der Waals surface area (Å²) in [6.45, 7) is 8.04. The molecule has 0 heterocycles. The van der Waals surface area contributed by atoms with Gasteiger partial charge in [0.15, 0.2) is 5.75 Å². The third-order valence-corrected chi connectivity index (χ3v) is 13.8. The fraction of sp³-hybridized carbons (Fsp3) is 0.148. The van der Waals surface area contributed by atoms with Crippen LogP contribution in [0.15, 0.2) is 169 Å². The first kappa shape index (κ1) is 59.8. The summed E-state index contributed by atoms with van der Waals surface area (Å²) >= 11 is 12.5. The van der Waals surface area contributed by atoms with Crippen molar-refractivity contribution in [2.45, 2.75) is 50.3 Å². The van der Waals surface area contributed by atoms with Crippen molar-refractivity contribution in [1.29, 1.82) is 0 Å². The largest absolute Gasteiger partial charge is 2.00 e. The van der Waals surface area contributed by atoms with Crippen LogP contribution in [0.2, 0.25) is 10.0 Å². The number of carbonyl (C=O) groups excluding carboxylic acids is 1. The number of hydrogen-bond donors (Lipinski definition) is 4. The van der Waals surface area contributed by atoms with Gasteiger partial charge in [-0.25, -0.2) is 0 Å². The van der Waals surface area contributed by atoms with Gasteiger partial charge in [0.25, 0.3) is 26.1 Å². The molecule has 1 amide bonds. The number of nitrogens with one attached hydrogen (secondary N) is 1. The van der Waals surface area contributed by atoms with Crippen LogP contribution in [-0.2, 0) is 33.1 Å². The van der Waals surface area contributed by atoms with Gasteiger partial charge in [-0.15, -0.1) is 15.3 Å². The Labute approximate surface area is 493 Å². The normalized spacial score (nSPS) is 11.9. The van der Waals surface area contributed by atoms with Gasteiger partial charge >= 0.3 is 48.9 Å². The number of ether oxygens (including phenoxy) is 2. The van der Waals surface area contributed by atoms with Crippen molar-refractivity contribution in [2.24, 2.45) is 25.4 Å². The van der Waals surface area contributed by atoms with Gasteiger partial charge < -0.3 is 30.1 Å². The second-order valence-electron chi connectivity index (χ2n) is 16.2. The molecule has 8 rings (SSSR count). The van der Waals surface area contributed by atoms with E-state index in [-0.39, 0.29) is 99.2 Å². The smallest absolute Gasteiger partial charge is 0.871 e. The summed E-state index contributed by atoms with van der Waals surface area (Å²) in [5.41, 5.74) is 0.520. The molecule has 0 saturated carbocycles. The van der Waals surface area contributed by atoms with Gasteiger partial charge in [0.2, 0.25) is 0 Å². The number of phenols is 1. The maximum Gasteiger partial charge on any atom is 2.00 e. The summed E-state index contributed by atoms with van der Waals surface area (Å²) in [5, 5.41) is 59.2. The maximum atomic E-state index is 13.5. The first-order valence-electron chi connectivity index (χ1n) is 23.2. The van der Waals surface area contributed by atoms with E-state index in [1.807, 2.05) is 13.8 Å². The van der Waals surface area contributed by atoms with Crippen LogP contribution in [0.4, 0.5) is 34.1 Å². The molecule has 8 aromatic rings. The van der Waals surface area contributed by atoms with E-state index < -0.39 is 53.3 Å². The number of hydrogen-bond acceptors (Lipinski definition) is 15. The number of aromatic hydroxyl groups is 1. The topological polar surface area (TPSA) is 284 Å². The predicted molar refractivity (Wildman–Crippen MR) is 294 cm³/mol. The maximum absolute atomic E-state index is 13.5. The molecule has 77 heavy (non-hydrogen) atoms. The molecule has 0 unspecified atom stereocenters. The minimum Gasteiger partial charge on any atom is -0.871 e. The minimum absolute atomic E-state index is 0. The third-order valence-electron chi connectivity index (χ3n) is 11.3. The first-order chi connectivity index (χ1) is 36.3. The molecular weight excluding hydrogens is 1200 g/mol. The third kappa shape index (κ3) is 14.2. The van der Waals surface area contributed by atoms with E-state index in [4.69, 9.17) is 32.7 Å². The number of aliphatic imine (C=N–C) groups is 1. The zero-order valence-electron chi connectivity index (χ0n) is 41.6. The Balaban J connectivity index is 0.000000246. The number of benzene rings is 8. The molecule has 0 atom stereocenters. The van der Waals surface area contributed by atoms with Crippen LogP contribution in [0, 0.1) is 0 Å². The van der Waals surface area contributed by atoms with Crippen LogP contribution in [0.25, 0.3) is 21.5 Å². The molecule has 23 heteroatoms. The standard InChI is InChI=1S/2C27H24ClN3O6S.Ba/c2*1-3-19-22(28)12-13-23(38(34,35)36)24(19)30-31-25-20-11-6-5-8-16(20)14-21(26(25)32)27(33)29-17-9-7-10-18(15-17)37-4-2;/h2*5-15,32H,3-4H2,1-2H3,(H,29,33)(H,34,35,36);/q;;+2/p-2. The summed E-state index contributed by atoms with van der Waals surface area (Å²) in [4.78, 5) is 16.3. The molecule has 8 aromatic carbocycles. The van der Waals surface area contributed by atoms with E-state index in [0.29, 0.717) is 75.2 Å². The molecular formula is C54H46BaCl2N6O12S2. The molecule has 18 nitrogen and oxygen atoms in total. The van der Waals surface area contributed by atoms with Gasteiger partial charge in [-0.2, -0.15) is 21.9 Å². The molecule has 0 saturated heterocycles. The molecule has 0 fully saturated rings. The van der Waals surface area contributed by atoms with Crippen molar-refractivity contribution in [3.05, 3.63) is 166 Å². The summed E-state index contributed by atoms with van der Waals surface area (Å²) < 4.78 is 78.3. The van der Waals surface area contributed by atoms with E-state index in [1.165, 1.54) is 24.3 Å². The van der Waals surface area contributed by atoms with E-state index >= 15 is 0 Å². The summed E-state index contributed by atoms with van der Waals surface area (Å²) in [5.74, 6) is -1.49. The van der Waals surface area contributed by atoms with E-state index in [2.05, 4.69) is 30.8 Å². The van der Waals surface area contributed by atoms with Gasteiger partial charge in [-0.05, 0) is 121 Å². The van der Waals surface area contributed by atoms with Crippen LogP contribution in [0.3, 0.4) is 0 Å². The Morgan fingerprint density at radius 1 is 0.597 bits per heavy atom. The van der Waals surface area contributed by atoms with Crippen molar-refractivity contribution in [3.63, 3.8) is 0 Å².